The Bertz CT molecular complexity index is 2130. The molecule has 0 radical (unpaired) electrons. The largest absolute Gasteiger partial charge is 0.744 e. The zero-order valence-corrected chi connectivity index (χ0v) is 32.0. The van der Waals surface area contributed by atoms with Gasteiger partial charge in [0.1, 0.15) is 26.8 Å². The summed E-state index contributed by atoms with van der Waals surface area (Å²) in [5, 5.41) is 9.10. The van der Waals surface area contributed by atoms with E-state index in [0.29, 0.717) is 67.9 Å². The Labute approximate surface area is 305 Å². The Hall–Kier alpha value is -3.45. The van der Waals surface area contributed by atoms with Crippen molar-refractivity contribution in [2.75, 3.05) is 37.5 Å². The normalized spacial score (nSPS) is 21.4. The van der Waals surface area contributed by atoms with E-state index in [1.807, 2.05) is 42.4 Å². The van der Waals surface area contributed by atoms with E-state index in [9.17, 15) is 43.7 Å². The van der Waals surface area contributed by atoms with Crippen molar-refractivity contribution < 1.29 is 58.1 Å². The van der Waals surface area contributed by atoms with Gasteiger partial charge in [-0.15, -0.1) is 0 Å². The summed E-state index contributed by atoms with van der Waals surface area (Å²) in [6, 6.07) is 8.36. The quantitative estimate of drug-likeness (QED) is 0.122. The number of nitrogens with zero attached hydrogens (tertiary/aromatic N) is 2. The average Bonchev–Trinajstić information content (AvgIpc) is 3.42. The molecule has 2 aliphatic rings. The van der Waals surface area contributed by atoms with E-state index in [4.69, 9.17) is 9.84 Å². The van der Waals surface area contributed by atoms with Gasteiger partial charge in [0.2, 0.25) is 5.69 Å². The smallest absolute Gasteiger partial charge is 0.303 e. The van der Waals surface area contributed by atoms with Crippen LogP contribution >= 0.6 is 0 Å². The fourth-order valence-electron chi connectivity index (χ4n) is 7.35. The van der Waals surface area contributed by atoms with Gasteiger partial charge in [0, 0.05) is 67.6 Å². The van der Waals surface area contributed by atoms with Gasteiger partial charge in [-0.25, -0.2) is 16.8 Å². The number of methoxy groups -OCH3 is 1. The van der Waals surface area contributed by atoms with Gasteiger partial charge in [0.25, 0.3) is 10.1 Å². The maximum absolute atomic E-state index is 12.1. The molecule has 52 heavy (non-hydrogen) atoms. The number of carboxylic acids is 1. The number of likely N-dealkylation sites (N-methyl/N-ethyl adjacent to an activating group) is 1. The minimum absolute atomic E-state index is 0.000895. The van der Waals surface area contributed by atoms with Crippen LogP contribution in [0.5, 0.6) is 0 Å². The van der Waals surface area contributed by atoms with Gasteiger partial charge >= 0.3 is 5.97 Å². The molecule has 0 fully saturated rings. The van der Waals surface area contributed by atoms with Crippen molar-refractivity contribution in [3.05, 3.63) is 71.5 Å². The van der Waals surface area contributed by atoms with Crippen LogP contribution < -0.4 is 4.90 Å². The molecule has 2 atom stereocenters. The molecule has 0 spiro atoms. The molecule has 0 bridgehead atoms. The number of allylic oxidation sites excluding steroid dienone is 4. The van der Waals surface area contributed by atoms with Crippen LogP contribution in [0.2, 0.25) is 0 Å². The second-order valence-electron chi connectivity index (χ2n) is 13.5. The third kappa shape index (κ3) is 9.01. The summed E-state index contributed by atoms with van der Waals surface area (Å²) in [5.74, 6) is -1.46. The Morgan fingerprint density at radius 3 is 2.12 bits per heavy atom. The number of ether oxygens (including phenoxy) is 1. The molecule has 2 aromatic rings. The molecule has 14 nitrogen and oxygen atoms in total. The highest BCUT2D eigenvalue weighted by Crippen LogP contribution is 2.51. The predicted molar refractivity (Wildman–Crippen MR) is 192 cm³/mol. The predicted octanol–water partition coefficient (Wildman–Crippen LogP) is 4.44. The number of rotatable bonds is 18. The molecule has 0 amide bonds. The second kappa shape index (κ2) is 15.9. The van der Waals surface area contributed by atoms with Crippen LogP contribution in [0, 0.1) is 0 Å². The zero-order chi connectivity index (χ0) is 38.7. The van der Waals surface area contributed by atoms with Crippen LogP contribution in [0.15, 0.2) is 70.1 Å². The van der Waals surface area contributed by atoms with Gasteiger partial charge in [-0.2, -0.15) is 13.0 Å². The van der Waals surface area contributed by atoms with Gasteiger partial charge in [0.05, 0.1) is 21.0 Å². The summed E-state index contributed by atoms with van der Waals surface area (Å²) < 4.78 is 113. The van der Waals surface area contributed by atoms with Crippen LogP contribution in [-0.2, 0) is 50.7 Å². The van der Waals surface area contributed by atoms with Gasteiger partial charge in [-0.1, -0.05) is 6.08 Å². The summed E-state index contributed by atoms with van der Waals surface area (Å²) >= 11 is 0. The lowest BCUT2D eigenvalue weighted by molar-refractivity contribution is -0.438. The molecule has 2 aliphatic heterocycles. The number of hydrogen-bond acceptors (Lipinski definition) is 11. The van der Waals surface area contributed by atoms with Crippen LogP contribution in [0.3, 0.4) is 0 Å². The highest BCUT2D eigenvalue weighted by atomic mass is 32.2. The topological polar surface area (TPSA) is 222 Å². The van der Waals surface area contributed by atoms with Crippen LogP contribution in [-0.4, -0.2) is 92.8 Å². The Balaban J connectivity index is 1.89. The summed E-state index contributed by atoms with van der Waals surface area (Å²) in [7, 11) is -12.4. The Morgan fingerprint density at radius 2 is 1.54 bits per heavy atom. The molecule has 4 rings (SSSR count). The molecular weight excluding hydrogens is 737 g/mol. The SMILES string of the molecule is CCN1/C(=C/C=C/C2=[N+](CCCCCC(=O)O)c3ccc(S(=O)(=O)[O-])cc3C2(C)CCCS(=O)(=O)O)C(C)(CCOC)c2cc(S(=O)(=O)[O-])ccc21. The fourth-order valence-corrected chi connectivity index (χ4v) is 8.85. The van der Waals surface area contributed by atoms with Gasteiger partial charge < -0.3 is 23.8 Å². The number of benzene rings is 2. The Morgan fingerprint density at radius 1 is 0.904 bits per heavy atom. The number of aliphatic carboxylic acids is 1. The lowest BCUT2D eigenvalue weighted by Crippen LogP contribution is -2.32. The first-order valence-electron chi connectivity index (χ1n) is 16.9. The Kier molecular flexibility index (Phi) is 12.6. The van der Waals surface area contributed by atoms with Crippen molar-refractivity contribution in [3.63, 3.8) is 0 Å². The minimum atomic E-state index is -4.85. The number of fused-ring (bicyclic) bond motifs is 2. The van der Waals surface area contributed by atoms with Crippen molar-refractivity contribution >= 4 is 53.4 Å². The van der Waals surface area contributed by atoms with E-state index >= 15 is 0 Å². The van der Waals surface area contributed by atoms with Crippen molar-refractivity contribution in [2.45, 2.75) is 86.3 Å². The van der Waals surface area contributed by atoms with Crippen LogP contribution in [0.25, 0.3) is 0 Å². The maximum atomic E-state index is 12.1. The first-order valence-corrected chi connectivity index (χ1v) is 21.3. The lowest BCUT2D eigenvalue weighted by Gasteiger charge is -2.29. The van der Waals surface area contributed by atoms with Crippen molar-refractivity contribution in [1.82, 2.24) is 0 Å². The van der Waals surface area contributed by atoms with E-state index in [0.717, 1.165) is 11.4 Å². The standard InChI is InChI=1S/C35H46N2O12S3/c1-5-36-29-16-14-25(51(43,44)45)23-27(29)35(3,19-21-49-4)31(36)11-9-12-32-34(2,18-10-22-50(40,41)42)28-24-26(52(46,47)48)15-17-30(28)37(32)20-8-6-7-13-33(38)39/h9,11-12,14-17,23-24H,5-8,10,13,18-22H2,1-4H3,(H3-,38,39,40,41,42,43,44,45,46,47,48)/p-1. The summed E-state index contributed by atoms with van der Waals surface area (Å²) in [6.07, 6.45) is 7.67. The fraction of sp³-hybridized carbons (Fsp3) is 0.486. The molecule has 2 aromatic carbocycles. The molecule has 0 saturated carbocycles. The first kappa shape index (κ1) is 41.3. The number of anilines is 1. The van der Waals surface area contributed by atoms with Crippen molar-refractivity contribution in [3.8, 4) is 0 Å². The monoisotopic (exact) mass is 781 g/mol. The molecule has 0 saturated heterocycles. The second-order valence-corrected chi connectivity index (χ2v) is 17.8. The molecule has 2 N–H and O–H groups in total. The molecule has 2 unspecified atom stereocenters. The third-order valence-electron chi connectivity index (χ3n) is 9.98. The summed E-state index contributed by atoms with van der Waals surface area (Å²) in [6.45, 7) is 6.90. The van der Waals surface area contributed by atoms with E-state index in [2.05, 4.69) is 0 Å². The molecule has 0 aliphatic carbocycles. The zero-order valence-electron chi connectivity index (χ0n) is 29.6. The van der Waals surface area contributed by atoms with Gasteiger partial charge in [0.15, 0.2) is 5.71 Å². The van der Waals surface area contributed by atoms with Crippen molar-refractivity contribution in [1.29, 1.82) is 0 Å². The average molecular weight is 782 g/mol. The lowest BCUT2D eigenvalue weighted by atomic mass is 9.75. The minimum Gasteiger partial charge on any atom is -0.744 e. The molecule has 0 aromatic heterocycles. The number of carboxylic acid groups (broad SMARTS) is 1. The summed E-state index contributed by atoms with van der Waals surface area (Å²) in [5.41, 5.74) is 2.11. The third-order valence-corrected chi connectivity index (χ3v) is 12.4. The van der Waals surface area contributed by atoms with E-state index in [1.54, 1.807) is 19.3 Å². The molecule has 17 heteroatoms. The number of unbranched alkanes of at least 4 members (excludes halogenated alkanes) is 2. The van der Waals surface area contributed by atoms with E-state index < -0.39 is 57.8 Å². The first-order chi connectivity index (χ1) is 24.2. The van der Waals surface area contributed by atoms with Gasteiger partial charge in [-0.05, 0) is 94.8 Å². The van der Waals surface area contributed by atoms with Crippen LogP contribution in [0.1, 0.15) is 76.8 Å². The maximum Gasteiger partial charge on any atom is 0.303 e. The van der Waals surface area contributed by atoms with Crippen molar-refractivity contribution in [2.24, 2.45) is 0 Å². The van der Waals surface area contributed by atoms with E-state index in [1.165, 1.54) is 30.3 Å². The number of hydrogen-bond donors (Lipinski definition) is 2. The highest BCUT2D eigenvalue weighted by Gasteiger charge is 2.48. The summed E-state index contributed by atoms with van der Waals surface area (Å²) in [4.78, 5) is 12.3. The van der Waals surface area contributed by atoms with Gasteiger partial charge in [-0.3, -0.25) is 9.35 Å². The molecule has 2 heterocycles. The van der Waals surface area contributed by atoms with Crippen LogP contribution in [0.4, 0.5) is 11.4 Å². The highest BCUT2D eigenvalue weighted by molar-refractivity contribution is 7.86. The van der Waals surface area contributed by atoms with E-state index in [-0.39, 0.29) is 24.2 Å². The number of carbonyl (C=O) groups is 1. The molecular formula is C35H45N2O12S3-. The molecule has 286 valence electrons.